The van der Waals surface area contributed by atoms with Gasteiger partial charge in [0.1, 0.15) is 11.6 Å². The largest absolute Gasteiger partial charge is 0.507 e. The van der Waals surface area contributed by atoms with Crippen molar-refractivity contribution < 1.29 is 33.0 Å². The number of nitrogens with zero attached hydrogens (tertiary/aromatic N) is 3. The van der Waals surface area contributed by atoms with E-state index in [1.54, 1.807) is 6.07 Å². The van der Waals surface area contributed by atoms with Crippen molar-refractivity contribution in [3.8, 4) is 78.6 Å². The van der Waals surface area contributed by atoms with Crippen molar-refractivity contribution in [2.45, 2.75) is 92.8 Å². The molecular formula is C62H60N3OPt-. The number of hydrogen-bond donors (Lipinski definition) is 1. The molecule has 67 heavy (non-hydrogen) atoms. The van der Waals surface area contributed by atoms with Gasteiger partial charge in [0.25, 0.3) is 0 Å². The first-order chi connectivity index (χ1) is 33.6. The van der Waals surface area contributed by atoms with E-state index >= 15 is 0 Å². The maximum absolute atomic E-state index is 12.4. The Hall–Kier alpha value is -6.35. The van der Waals surface area contributed by atoms with Crippen LogP contribution in [0.25, 0.3) is 83.9 Å². The Bertz CT molecular complexity index is 3420. The molecule has 0 amide bonds. The number of aromatic nitrogens is 3. The van der Waals surface area contributed by atoms with E-state index in [1.165, 1.54) is 5.56 Å². The quantitative estimate of drug-likeness (QED) is 0.131. The molecule has 0 saturated heterocycles. The standard InChI is InChI=1S/C62H60N3O.Pt/c1-37(2)47-34-54(40(7)8)61(66)55(35-47)62-64-60-53(20-15-21-58(60)65(62)57-27-26-46(30-42(57)10)59-51(38(3)4)18-14-19-52(59)39(5)6)49-31-48(43-16-12-11-13-17-43)32-50(33-49)56-36-45(28-29-63-56)44-24-22-41(9)23-25-44;/h11-32,34-40,66H,1-10H3;/q-1;/i10D3,38D,39D;. The Balaban J connectivity index is 0.00000693. The molecule has 0 bridgehead atoms. The van der Waals surface area contributed by atoms with Crippen molar-refractivity contribution in [1.29, 1.82) is 0 Å². The summed E-state index contributed by atoms with van der Waals surface area (Å²) in [6, 6.07) is 51.8. The molecule has 9 rings (SSSR count). The second-order valence-corrected chi connectivity index (χ2v) is 18.6. The summed E-state index contributed by atoms with van der Waals surface area (Å²) >= 11 is 0. The summed E-state index contributed by atoms with van der Waals surface area (Å²) in [5, 5.41) is 12.4. The molecule has 0 saturated carbocycles. The molecule has 1 N–H and O–H groups in total. The molecule has 0 spiro atoms. The van der Waals surface area contributed by atoms with Crippen LogP contribution < -0.4 is 0 Å². The number of pyridine rings is 1. The monoisotopic (exact) mass is 1060 g/mol. The first-order valence-electron chi connectivity index (χ1n) is 25.4. The summed E-state index contributed by atoms with van der Waals surface area (Å²) < 4.78 is 47.7. The van der Waals surface area contributed by atoms with Crippen LogP contribution in [0.3, 0.4) is 0 Å². The van der Waals surface area contributed by atoms with Crippen molar-refractivity contribution in [3.63, 3.8) is 0 Å². The molecule has 9 aromatic rings. The molecular weight excluding hydrogens is 998 g/mol. The van der Waals surface area contributed by atoms with E-state index in [4.69, 9.17) is 14.1 Å². The number of phenolic OH excluding ortho intramolecular Hbond substituents is 1. The van der Waals surface area contributed by atoms with Gasteiger partial charge < -0.3 is 5.11 Å². The first kappa shape index (κ1) is 40.9. The number of aromatic hydroxyl groups is 1. The van der Waals surface area contributed by atoms with E-state index in [0.29, 0.717) is 50.4 Å². The van der Waals surface area contributed by atoms with Crippen molar-refractivity contribution in [2.24, 2.45) is 0 Å². The minimum atomic E-state index is -2.63. The van der Waals surface area contributed by atoms with Gasteiger partial charge in [-0.25, -0.2) is 4.98 Å². The Morgan fingerprint density at radius 3 is 1.94 bits per heavy atom. The summed E-state index contributed by atoms with van der Waals surface area (Å²) in [5.74, 6) is -1.55. The third-order valence-corrected chi connectivity index (χ3v) is 12.7. The van der Waals surface area contributed by atoms with Crippen LogP contribution in [0.4, 0.5) is 0 Å². The molecule has 0 aliphatic heterocycles. The third-order valence-electron chi connectivity index (χ3n) is 12.7. The van der Waals surface area contributed by atoms with E-state index in [9.17, 15) is 7.85 Å². The SMILES string of the molecule is [2H]C([2H])([2H])c1cc(-c2c(C([2H])(C)C)cccc2C([2H])(C)C)ccc1-n1c(-c2cc(C(C)C)cc(C(C)C)c2O)nc2c(-c3[c-]c(-c4cc(-c5ccc(C)cc5)ccn4)cc(-c4ccccc4)c3)cccc21.[Pt]. The second-order valence-electron chi connectivity index (χ2n) is 18.6. The van der Waals surface area contributed by atoms with Crippen LogP contribution in [-0.2, 0) is 21.1 Å². The Morgan fingerprint density at radius 2 is 1.27 bits per heavy atom. The molecule has 0 unspecified atom stereocenters. The molecule has 0 aliphatic carbocycles. The predicted octanol–water partition coefficient (Wildman–Crippen LogP) is 17.0. The molecule has 0 radical (unpaired) electrons. The number of hydrogen-bond acceptors (Lipinski definition) is 3. The fourth-order valence-electron chi connectivity index (χ4n) is 9.10. The fourth-order valence-corrected chi connectivity index (χ4v) is 9.10. The number of aryl methyl sites for hydroxylation is 2. The number of benzene rings is 7. The summed E-state index contributed by atoms with van der Waals surface area (Å²) in [6.07, 6.45) is 1.83. The summed E-state index contributed by atoms with van der Waals surface area (Å²) in [5.41, 5.74) is 15.0. The van der Waals surface area contributed by atoms with Gasteiger partial charge >= 0.3 is 0 Å². The van der Waals surface area contributed by atoms with Gasteiger partial charge in [-0.05, 0) is 123 Å². The minimum Gasteiger partial charge on any atom is -0.507 e. The van der Waals surface area contributed by atoms with E-state index in [1.807, 2.05) is 117 Å². The van der Waals surface area contributed by atoms with E-state index < -0.39 is 18.6 Å². The molecule has 0 aliphatic rings. The van der Waals surface area contributed by atoms with Gasteiger partial charge in [0.05, 0.1) is 22.3 Å². The van der Waals surface area contributed by atoms with E-state index in [-0.39, 0.29) is 44.2 Å². The number of para-hydroxylation sites is 1. The van der Waals surface area contributed by atoms with Crippen molar-refractivity contribution >= 4 is 11.0 Å². The molecule has 2 heterocycles. The average Bonchev–Trinajstić information content (AvgIpc) is 3.72. The Morgan fingerprint density at radius 1 is 0.597 bits per heavy atom. The molecule has 0 atom stereocenters. The summed E-state index contributed by atoms with van der Waals surface area (Å²) in [6.45, 7) is 15.0. The number of imidazole rings is 1. The molecule has 2 aromatic heterocycles. The van der Waals surface area contributed by atoms with Crippen LogP contribution in [0.2, 0.25) is 0 Å². The van der Waals surface area contributed by atoms with Gasteiger partial charge in [-0.15, -0.1) is 23.8 Å². The maximum Gasteiger partial charge on any atom is 0.148 e. The number of phenols is 1. The van der Waals surface area contributed by atoms with Crippen molar-refractivity contribution in [1.82, 2.24) is 14.5 Å². The maximum atomic E-state index is 12.4. The number of fused-ring (bicyclic) bond motifs is 1. The first-order valence-corrected chi connectivity index (χ1v) is 22.9. The second kappa shape index (κ2) is 19.5. The minimum absolute atomic E-state index is 0. The van der Waals surface area contributed by atoms with Crippen LogP contribution in [-0.4, -0.2) is 19.6 Å². The van der Waals surface area contributed by atoms with Gasteiger partial charge in [0, 0.05) is 39.8 Å². The molecule has 4 nitrogen and oxygen atoms in total. The van der Waals surface area contributed by atoms with Gasteiger partial charge in [-0.1, -0.05) is 181 Å². The normalized spacial score (nSPS) is 13.2. The zero-order valence-electron chi connectivity index (χ0n) is 44.7. The molecule has 7 aromatic carbocycles. The number of rotatable bonds is 11. The smallest absolute Gasteiger partial charge is 0.148 e. The van der Waals surface area contributed by atoms with Gasteiger partial charge in [-0.3, -0.25) is 9.55 Å². The van der Waals surface area contributed by atoms with Gasteiger partial charge in [0.2, 0.25) is 0 Å². The summed E-state index contributed by atoms with van der Waals surface area (Å²) in [7, 11) is 0. The van der Waals surface area contributed by atoms with Crippen molar-refractivity contribution in [2.75, 3.05) is 0 Å². The average molecular weight is 1060 g/mol. The topological polar surface area (TPSA) is 50.9 Å². The van der Waals surface area contributed by atoms with Crippen LogP contribution in [0.5, 0.6) is 5.75 Å². The van der Waals surface area contributed by atoms with Crippen LogP contribution in [0, 0.1) is 19.8 Å². The van der Waals surface area contributed by atoms with Crippen LogP contribution >= 0.6 is 0 Å². The van der Waals surface area contributed by atoms with Gasteiger partial charge in [0.15, 0.2) is 0 Å². The third kappa shape index (κ3) is 9.22. The van der Waals surface area contributed by atoms with Crippen molar-refractivity contribution in [3.05, 3.63) is 191 Å². The zero-order chi connectivity index (χ0) is 50.7. The summed E-state index contributed by atoms with van der Waals surface area (Å²) in [4.78, 5) is 10.4. The van der Waals surface area contributed by atoms with Gasteiger partial charge in [-0.2, -0.15) is 0 Å². The van der Waals surface area contributed by atoms with E-state index in [0.717, 1.165) is 55.8 Å². The zero-order valence-corrected chi connectivity index (χ0v) is 42.0. The molecule has 5 heteroatoms. The fraction of sp³-hybridized carbons (Fsp3) is 0.226. The molecule has 0 fully saturated rings. The predicted molar refractivity (Wildman–Crippen MR) is 278 cm³/mol. The Labute approximate surface area is 419 Å². The van der Waals surface area contributed by atoms with Crippen LogP contribution in [0.1, 0.15) is 119 Å². The molecule has 340 valence electrons. The Kier molecular flexibility index (Phi) is 11.9. The van der Waals surface area contributed by atoms with E-state index in [2.05, 4.69) is 101 Å². The van der Waals surface area contributed by atoms with Crippen LogP contribution in [0.15, 0.2) is 152 Å².